The molecule has 1 saturated heterocycles. The third kappa shape index (κ3) is 6.07. The highest BCUT2D eigenvalue weighted by molar-refractivity contribution is 5.78. The Morgan fingerprint density at radius 1 is 0.932 bits per heavy atom. The first kappa shape index (κ1) is 29.5. The summed E-state index contributed by atoms with van der Waals surface area (Å²) in [7, 11) is 0. The number of nitrogens with zero attached hydrogens (tertiary/aromatic N) is 8. The molecule has 0 spiro atoms. The number of benzene rings is 1. The molecule has 1 aromatic carbocycles. The number of ether oxygens (including phenoxy) is 1. The molecule has 12 heteroatoms. The molecule has 1 unspecified atom stereocenters. The highest BCUT2D eigenvalue weighted by Gasteiger charge is 2.29. The second-order valence-electron chi connectivity index (χ2n) is 12.4. The molecule has 6 rings (SSSR count). The summed E-state index contributed by atoms with van der Waals surface area (Å²) in [5.41, 5.74) is 2.40. The van der Waals surface area contributed by atoms with Crippen LogP contribution >= 0.6 is 0 Å². The monoisotopic (exact) mass is 600 g/mol. The van der Waals surface area contributed by atoms with Gasteiger partial charge in [0.25, 0.3) is 0 Å². The minimum atomic E-state index is -1.34. The number of fused-ring (bicyclic) bond motifs is 1. The summed E-state index contributed by atoms with van der Waals surface area (Å²) in [4.78, 5) is 32.3. The van der Waals surface area contributed by atoms with Crippen LogP contribution in [0.5, 0.6) is 0 Å². The first-order valence-corrected chi connectivity index (χ1v) is 14.8. The molecule has 0 aliphatic carbocycles. The molecule has 1 fully saturated rings. The second kappa shape index (κ2) is 11.5. The van der Waals surface area contributed by atoms with Crippen molar-refractivity contribution in [3.8, 4) is 0 Å². The van der Waals surface area contributed by atoms with Crippen LogP contribution in [0.2, 0.25) is 0 Å². The number of aromatic nitrogens is 5. The Hall–Kier alpha value is -4.58. The van der Waals surface area contributed by atoms with Crippen molar-refractivity contribution in [3.63, 3.8) is 0 Å². The predicted octanol–water partition coefficient (Wildman–Crippen LogP) is 4.27. The van der Waals surface area contributed by atoms with Crippen molar-refractivity contribution < 1.29 is 19.0 Å². The van der Waals surface area contributed by atoms with Crippen molar-refractivity contribution in [1.82, 2.24) is 29.5 Å². The van der Waals surface area contributed by atoms with Crippen LogP contribution in [0.25, 0.3) is 11.1 Å². The Morgan fingerprint density at radius 3 is 2.25 bits per heavy atom. The summed E-state index contributed by atoms with van der Waals surface area (Å²) in [6.45, 7) is 11.2. The molecule has 1 atom stereocenters. The van der Waals surface area contributed by atoms with Crippen molar-refractivity contribution in [2.75, 3.05) is 49.1 Å². The van der Waals surface area contributed by atoms with Crippen molar-refractivity contribution in [3.05, 3.63) is 83.8 Å². The summed E-state index contributed by atoms with van der Waals surface area (Å²) in [5.74, 6) is 1.10. The summed E-state index contributed by atoms with van der Waals surface area (Å²) in [5, 5.41) is 15.5. The van der Waals surface area contributed by atoms with Crippen molar-refractivity contribution in [1.29, 1.82) is 0 Å². The molecule has 5 heterocycles. The van der Waals surface area contributed by atoms with Gasteiger partial charge >= 0.3 is 6.09 Å². The van der Waals surface area contributed by atoms with Gasteiger partial charge in [-0.15, -0.1) is 0 Å². The van der Waals surface area contributed by atoms with E-state index in [4.69, 9.17) is 4.74 Å². The first-order chi connectivity index (χ1) is 21.0. The fourth-order valence-corrected chi connectivity index (χ4v) is 5.55. The Bertz CT molecular complexity index is 1670. The van der Waals surface area contributed by atoms with Gasteiger partial charge in [0.05, 0.1) is 0 Å². The molecule has 1 N–H and O–H groups in total. The van der Waals surface area contributed by atoms with Gasteiger partial charge in [0.2, 0.25) is 5.95 Å². The normalized spacial score (nSPS) is 17.4. The summed E-state index contributed by atoms with van der Waals surface area (Å²) < 4.78 is 20.7. The third-order valence-corrected chi connectivity index (χ3v) is 8.09. The molecular weight excluding hydrogens is 563 g/mol. The van der Waals surface area contributed by atoms with Crippen LogP contribution < -0.4 is 9.80 Å². The zero-order valence-corrected chi connectivity index (χ0v) is 25.4. The molecule has 0 saturated carbocycles. The molecule has 44 heavy (non-hydrogen) atoms. The van der Waals surface area contributed by atoms with Gasteiger partial charge in [0.15, 0.2) is 5.82 Å². The van der Waals surface area contributed by atoms with E-state index in [1.54, 1.807) is 42.7 Å². The fraction of sp³-hybridized carbons (Fsp3) is 0.406. The van der Waals surface area contributed by atoms with Gasteiger partial charge in [-0.2, -0.15) is 5.10 Å². The van der Waals surface area contributed by atoms with E-state index >= 15 is 0 Å². The van der Waals surface area contributed by atoms with Crippen LogP contribution in [0.3, 0.4) is 0 Å². The van der Waals surface area contributed by atoms with E-state index < -0.39 is 11.2 Å². The molecule has 1 amide bonds. The lowest BCUT2D eigenvalue weighted by Gasteiger charge is -2.35. The summed E-state index contributed by atoms with van der Waals surface area (Å²) in [6.07, 6.45) is 9.37. The largest absolute Gasteiger partial charge is 0.444 e. The van der Waals surface area contributed by atoms with E-state index in [1.165, 1.54) is 17.7 Å². The van der Waals surface area contributed by atoms with Crippen LogP contribution in [-0.4, -0.2) is 85.5 Å². The smallest absolute Gasteiger partial charge is 0.410 e. The SMILES string of the molecule is CC(C)(C)OC(=O)N1CC=C(c2cc3c(N4CCN(c5ncc(C(C)(O)c6ccc(F)cc6)cn5)CC4)ncnn3c2)CC1. The number of carbonyl (C=O) groups excluding carboxylic acids is 1. The number of carbonyl (C=O) groups is 1. The predicted molar refractivity (Wildman–Crippen MR) is 165 cm³/mol. The molecule has 0 bridgehead atoms. The summed E-state index contributed by atoms with van der Waals surface area (Å²) in [6, 6.07) is 7.89. The zero-order chi connectivity index (χ0) is 31.1. The van der Waals surface area contributed by atoms with Crippen LogP contribution in [0.15, 0.2) is 61.3 Å². The van der Waals surface area contributed by atoms with E-state index in [2.05, 4.69) is 42.0 Å². The van der Waals surface area contributed by atoms with Crippen LogP contribution in [0.1, 0.15) is 50.8 Å². The Kier molecular flexibility index (Phi) is 7.70. The number of hydrogen-bond donors (Lipinski definition) is 1. The Labute approximate surface area is 255 Å². The quantitative estimate of drug-likeness (QED) is 0.359. The van der Waals surface area contributed by atoms with Gasteiger partial charge in [-0.05, 0) is 69.0 Å². The van der Waals surface area contributed by atoms with E-state index in [0.717, 1.165) is 36.4 Å². The van der Waals surface area contributed by atoms with Gasteiger partial charge < -0.3 is 24.5 Å². The number of piperazine rings is 1. The standard InChI is InChI=1S/C32H37FN8O3/c1-31(2,3)44-30(42)40-11-9-22(10-12-40)23-17-27-28(36-21-37-41(27)20-23)38-13-15-39(16-14-38)29-34-18-25(19-35-29)32(4,43)24-5-7-26(33)8-6-24/h5-9,17-21,43H,10-16H2,1-4H3. The van der Waals surface area contributed by atoms with Crippen LogP contribution in [-0.2, 0) is 10.3 Å². The second-order valence-corrected chi connectivity index (χ2v) is 12.4. The molecule has 11 nitrogen and oxygen atoms in total. The lowest BCUT2D eigenvalue weighted by atomic mass is 9.90. The van der Waals surface area contributed by atoms with Crippen molar-refractivity contribution >= 4 is 28.9 Å². The Morgan fingerprint density at radius 2 is 1.61 bits per heavy atom. The maximum Gasteiger partial charge on any atom is 0.410 e. The van der Waals surface area contributed by atoms with E-state index in [1.807, 2.05) is 31.5 Å². The number of aliphatic hydroxyl groups is 1. The molecule has 3 aromatic heterocycles. The van der Waals surface area contributed by atoms with Crippen LogP contribution in [0.4, 0.5) is 21.0 Å². The lowest BCUT2D eigenvalue weighted by molar-refractivity contribution is 0.0270. The van der Waals surface area contributed by atoms with E-state index in [-0.39, 0.29) is 11.9 Å². The van der Waals surface area contributed by atoms with Gasteiger partial charge in [0, 0.05) is 63.4 Å². The lowest BCUT2D eigenvalue weighted by Crippen LogP contribution is -2.47. The molecule has 0 radical (unpaired) electrons. The highest BCUT2D eigenvalue weighted by Crippen LogP contribution is 2.31. The van der Waals surface area contributed by atoms with E-state index in [9.17, 15) is 14.3 Å². The topological polar surface area (TPSA) is 112 Å². The maximum absolute atomic E-state index is 13.4. The number of amides is 1. The molecule has 2 aliphatic rings. The molecule has 4 aromatic rings. The van der Waals surface area contributed by atoms with Gasteiger partial charge in [-0.3, -0.25) is 0 Å². The first-order valence-electron chi connectivity index (χ1n) is 14.8. The highest BCUT2D eigenvalue weighted by atomic mass is 19.1. The number of rotatable bonds is 5. The van der Waals surface area contributed by atoms with Crippen molar-refractivity contribution in [2.45, 2.75) is 45.3 Å². The number of hydrogen-bond acceptors (Lipinski definition) is 9. The number of halogens is 1. The number of anilines is 2. The average Bonchev–Trinajstić information content (AvgIpc) is 3.46. The average molecular weight is 601 g/mol. The van der Waals surface area contributed by atoms with Gasteiger partial charge in [0.1, 0.15) is 28.9 Å². The Balaban J connectivity index is 1.11. The maximum atomic E-state index is 13.4. The molecule has 2 aliphatic heterocycles. The molecule has 230 valence electrons. The fourth-order valence-electron chi connectivity index (χ4n) is 5.55. The summed E-state index contributed by atoms with van der Waals surface area (Å²) >= 11 is 0. The minimum Gasteiger partial charge on any atom is -0.444 e. The van der Waals surface area contributed by atoms with Gasteiger partial charge in [-0.1, -0.05) is 18.2 Å². The zero-order valence-electron chi connectivity index (χ0n) is 25.4. The van der Waals surface area contributed by atoms with E-state index in [0.29, 0.717) is 43.3 Å². The van der Waals surface area contributed by atoms with Crippen LogP contribution in [0, 0.1) is 5.82 Å². The minimum absolute atomic E-state index is 0.291. The third-order valence-electron chi connectivity index (χ3n) is 8.09. The van der Waals surface area contributed by atoms with Crippen molar-refractivity contribution in [2.24, 2.45) is 0 Å². The van der Waals surface area contributed by atoms with Gasteiger partial charge in [-0.25, -0.2) is 28.7 Å². The molecular formula is C32H37FN8O3.